The predicted octanol–water partition coefficient (Wildman–Crippen LogP) is 0.324. The van der Waals surface area contributed by atoms with Crippen LogP contribution in [0.15, 0.2) is 16.3 Å². The fourth-order valence-electron chi connectivity index (χ4n) is 1.85. The lowest BCUT2D eigenvalue weighted by molar-refractivity contribution is -0.0120. The molecular weight excluding hydrogens is 290 g/mol. The summed E-state index contributed by atoms with van der Waals surface area (Å²) in [5, 5.41) is 8.96. The summed E-state index contributed by atoms with van der Waals surface area (Å²) in [5.41, 5.74) is -0.579. The Balaban J connectivity index is 2.05. The molecule has 8 heteroatoms. The van der Waals surface area contributed by atoms with E-state index in [0.717, 1.165) is 11.3 Å². The highest BCUT2D eigenvalue weighted by atomic mass is 32.2. The number of thiophene rings is 1. The zero-order valence-electron chi connectivity index (χ0n) is 10.6. The Hall–Kier alpha value is -0.510. The van der Waals surface area contributed by atoms with Gasteiger partial charge in [0, 0.05) is 31.6 Å². The normalized spacial score (nSPS) is 23.9. The molecule has 2 rings (SSSR count). The molecule has 0 amide bonds. The maximum absolute atomic E-state index is 12.1. The lowest BCUT2D eigenvalue weighted by Gasteiger charge is -2.25. The highest BCUT2D eigenvalue weighted by Crippen LogP contribution is 2.24. The maximum Gasteiger partial charge on any atom is 0.250 e. The second-order valence-corrected chi connectivity index (χ2v) is 7.56. The van der Waals surface area contributed by atoms with Crippen molar-refractivity contribution in [3.8, 4) is 0 Å². The average Bonchev–Trinajstić information content (AvgIpc) is 3.06. The molecule has 1 aliphatic heterocycles. The third-order valence-corrected chi connectivity index (χ3v) is 6.11. The van der Waals surface area contributed by atoms with Crippen LogP contribution in [0, 0.1) is 0 Å². The Morgan fingerprint density at radius 3 is 2.89 bits per heavy atom. The molecule has 2 heterocycles. The molecule has 0 saturated carbocycles. The molecule has 19 heavy (non-hydrogen) atoms. The first kappa shape index (κ1) is 14.9. The van der Waals surface area contributed by atoms with Gasteiger partial charge in [-0.3, -0.25) is 0 Å². The number of hydrogen-bond donors (Lipinski definition) is 2. The quantitative estimate of drug-likeness (QED) is 0.791. The third kappa shape index (κ3) is 3.33. The minimum Gasteiger partial charge on any atom is -0.391 e. The van der Waals surface area contributed by atoms with Crippen molar-refractivity contribution < 1.29 is 23.0 Å². The van der Waals surface area contributed by atoms with Crippen LogP contribution < -0.4 is 4.72 Å². The summed E-state index contributed by atoms with van der Waals surface area (Å²) in [7, 11) is -2.01. The van der Waals surface area contributed by atoms with Crippen molar-refractivity contribution >= 4 is 21.4 Å². The standard InChI is InChI=1S/C11H17NO5S2/c1-16-11(4-5-17-8-11)7-12-19(14,15)10-3-2-9(6-13)18-10/h2-3,12-13H,4-8H2,1H3. The highest BCUT2D eigenvalue weighted by Gasteiger charge is 2.36. The first-order valence-electron chi connectivity index (χ1n) is 5.83. The SMILES string of the molecule is COC1(CNS(=O)(=O)c2ccc(CO)s2)CCOC1. The van der Waals surface area contributed by atoms with E-state index in [1.807, 2.05) is 0 Å². The summed E-state index contributed by atoms with van der Waals surface area (Å²) >= 11 is 1.06. The summed E-state index contributed by atoms with van der Waals surface area (Å²) in [6, 6.07) is 3.09. The minimum atomic E-state index is -3.56. The first-order valence-corrected chi connectivity index (χ1v) is 8.13. The van der Waals surface area contributed by atoms with Crippen LogP contribution in [0.4, 0.5) is 0 Å². The van der Waals surface area contributed by atoms with Gasteiger partial charge in [0.05, 0.1) is 13.2 Å². The third-order valence-electron chi connectivity index (χ3n) is 3.14. The van der Waals surface area contributed by atoms with Crippen LogP contribution in [0.5, 0.6) is 0 Å². The molecule has 0 radical (unpaired) electrons. The minimum absolute atomic E-state index is 0.157. The number of aliphatic hydroxyl groups excluding tert-OH is 1. The van der Waals surface area contributed by atoms with Crippen LogP contribution in [0.2, 0.25) is 0 Å². The van der Waals surface area contributed by atoms with E-state index in [2.05, 4.69) is 4.72 Å². The number of ether oxygens (including phenoxy) is 2. The number of rotatable bonds is 6. The molecule has 6 nitrogen and oxygen atoms in total. The van der Waals surface area contributed by atoms with E-state index < -0.39 is 15.6 Å². The first-order chi connectivity index (χ1) is 9.01. The van der Waals surface area contributed by atoms with Gasteiger partial charge in [-0.25, -0.2) is 13.1 Å². The Morgan fingerprint density at radius 2 is 2.37 bits per heavy atom. The van der Waals surface area contributed by atoms with E-state index in [1.54, 1.807) is 13.2 Å². The average molecular weight is 307 g/mol. The van der Waals surface area contributed by atoms with Crippen molar-refractivity contribution in [3.63, 3.8) is 0 Å². The number of methoxy groups -OCH3 is 1. The molecule has 1 unspecified atom stereocenters. The molecule has 1 aromatic heterocycles. The van der Waals surface area contributed by atoms with Crippen molar-refractivity contribution in [3.05, 3.63) is 17.0 Å². The zero-order chi connectivity index (χ0) is 13.9. The molecule has 1 fully saturated rings. The molecule has 1 aromatic rings. The van der Waals surface area contributed by atoms with Gasteiger partial charge in [0.15, 0.2) is 0 Å². The smallest absolute Gasteiger partial charge is 0.250 e. The summed E-state index contributed by atoms with van der Waals surface area (Å²) in [6.45, 7) is 0.982. The Bertz CT molecular complexity index is 519. The van der Waals surface area contributed by atoms with Crippen molar-refractivity contribution in [2.45, 2.75) is 22.8 Å². The van der Waals surface area contributed by atoms with Crippen LogP contribution >= 0.6 is 11.3 Å². The van der Waals surface area contributed by atoms with Gasteiger partial charge in [0.25, 0.3) is 0 Å². The predicted molar refractivity (Wildman–Crippen MR) is 70.6 cm³/mol. The van der Waals surface area contributed by atoms with Crippen molar-refractivity contribution in [1.82, 2.24) is 4.72 Å². The highest BCUT2D eigenvalue weighted by molar-refractivity contribution is 7.91. The van der Waals surface area contributed by atoms with Gasteiger partial charge in [0.1, 0.15) is 9.81 Å². The number of nitrogens with one attached hydrogen (secondary N) is 1. The van der Waals surface area contributed by atoms with Crippen LogP contribution in [0.1, 0.15) is 11.3 Å². The van der Waals surface area contributed by atoms with Gasteiger partial charge in [-0.2, -0.15) is 0 Å². The molecule has 1 atom stereocenters. The van der Waals surface area contributed by atoms with E-state index in [0.29, 0.717) is 24.5 Å². The van der Waals surface area contributed by atoms with Gasteiger partial charge in [-0.05, 0) is 12.1 Å². The molecule has 108 valence electrons. The molecule has 1 saturated heterocycles. The zero-order valence-corrected chi connectivity index (χ0v) is 12.2. The number of sulfonamides is 1. The van der Waals surface area contributed by atoms with Crippen LogP contribution in [-0.2, 0) is 26.1 Å². The molecule has 1 aliphatic rings. The van der Waals surface area contributed by atoms with Gasteiger partial charge >= 0.3 is 0 Å². The van der Waals surface area contributed by atoms with Crippen molar-refractivity contribution in [2.24, 2.45) is 0 Å². The van der Waals surface area contributed by atoms with E-state index in [9.17, 15) is 8.42 Å². The van der Waals surface area contributed by atoms with Gasteiger partial charge in [0.2, 0.25) is 10.0 Å². The molecule has 0 aromatic carbocycles. The summed E-state index contributed by atoms with van der Waals surface area (Å²) in [5.74, 6) is 0. The van der Waals surface area contributed by atoms with E-state index in [-0.39, 0.29) is 17.4 Å². The topological polar surface area (TPSA) is 84.9 Å². The molecule has 0 spiro atoms. The van der Waals surface area contributed by atoms with E-state index in [4.69, 9.17) is 14.6 Å². The summed E-state index contributed by atoms with van der Waals surface area (Å²) in [4.78, 5) is 0.617. The lowest BCUT2D eigenvalue weighted by atomic mass is 10.0. The van der Waals surface area contributed by atoms with Crippen LogP contribution in [-0.4, -0.2) is 46.0 Å². The van der Waals surface area contributed by atoms with E-state index in [1.165, 1.54) is 6.07 Å². The Kier molecular flexibility index (Phi) is 4.59. The van der Waals surface area contributed by atoms with Crippen LogP contribution in [0.3, 0.4) is 0 Å². The fraction of sp³-hybridized carbons (Fsp3) is 0.636. The van der Waals surface area contributed by atoms with E-state index >= 15 is 0 Å². The van der Waals surface area contributed by atoms with Gasteiger partial charge in [-0.15, -0.1) is 11.3 Å². The van der Waals surface area contributed by atoms with Gasteiger partial charge < -0.3 is 14.6 Å². The fourth-order valence-corrected chi connectivity index (χ4v) is 4.22. The van der Waals surface area contributed by atoms with Gasteiger partial charge in [-0.1, -0.05) is 0 Å². The van der Waals surface area contributed by atoms with Crippen molar-refractivity contribution in [1.29, 1.82) is 0 Å². The number of hydrogen-bond acceptors (Lipinski definition) is 6. The largest absolute Gasteiger partial charge is 0.391 e. The number of aliphatic hydroxyl groups is 1. The summed E-state index contributed by atoms with van der Waals surface area (Å²) in [6.07, 6.45) is 0.665. The monoisotopic (exact) mass is 307 g/mol. The second kappa shape index (κ2) is 5.86. The lowest BCUT2D eigenvalue weighted by Crippen LogP contribution is -2.44. The molecule has 0 aliphatic carbocycles. The second-order valence-electron chi connectivity index (χ2n) is 4.39. The Labute approximate surface area is 116 Å². The molecule has 0 bridgehead atoms. The van der Waals surface area contributed by atoms with Crippen molar-refractivity contribution in [2.75, 3.05) is 26.9 Å². The molecule has 2 N–H and O–H groups in total. The summed E-state index contributed by atoms with van der Waals surface area (Å²) < 4.78 is 37.6. The Morgan fingerprint density at radius 1 is 1.58 bits per heavy atom. The molecular formula is C11H17NO5S2. The maximum atomic E-state index is 12.1. The van der Waals surface area contributed by atoms with Crippen LogP contribution in [0.25, 0.3) is 0 Å².